The second-order valence-corrected chi connectivity index (χ2v) is 7.20. The lowest BCUT2D eigenvalue weighted by molar-refractivity contribution is 0.463. The summed E-state index contributed by atoms with van der Waals surface area (Å²) >= 11 is 18.3. The number of benzene rings is 1. The summed E-state index contributed by atoms with van der Waals surface area (Å²) < 4.78 is 5.70. The summed E-state index contributed by atoms with van der Waals surface area (Å²) in [6.45, 7) is 2.04. The van der Waals surface area contributed by atoms with E-state index in [1.807, 2.05) is 31.2 Å². The van der Waals surface area contributed by atoms with Crippen molar-refractivity contribution in [2.24, 2.45) is 0 Å². The molecule has 0 unspecified atom stereocenters. The van der Waals surface area contributed by atoms with Crippen molar-refractivity contribution in [2.45, 2.75) is 32.6 Å². The normalized spacial score (nSPS) is 10.8. The summed E-state index contributed by atoms with van der Waals surface area (Å²) in [6, 6.07) is 9.45. The molecule has 0 saturated carbocycles. The average molecular weight is 423 g/mol. The fourth-order valence-corrected chi connectivity index (χ4v) is 3.39. The molecule has 4 nitrogen and oxygen atoms in total. The number of nitrogens with zero attached hydrogens (tertiary/aromatic N) is 3. The minimum absolute atomic E-state index is 0.332. The molecule has 0 N–H and O–H groups in total. The van der Waals surface area contributed by atoms with Crippen molar-refractivity contribution in [3.63, 3.8) is 0 Å². The maximum Gasteiger partial charge on any atom is 0.238 e. The molecule has 0 saturated heterocycles. The van der Waals surface area contributed by atoms with Crippen LogP contribution in [0, 0.1) is 0 Å². The van der Waals surface area contributed by atoms with Crippen molar-refractivity contribution >= 4 is 34.8 Å². The lowest BCUT2D eigenvalue weighted by atomic mass is 10.1. The van der Waals surface area contributed by atoms with Crippen molar-refractivity contribution in [3.05, 3.63) is 74.9 Å². The molecule has 1 aromatic carbocycles. The Balaban J connectivity index is 1.56. The number of hydrogen-bond donors (Lipinski definition) is 0. The van der Waals surface area contributed by atoms with Crippen LogP contribution in [-0.2, 0) is 19.3 Å². The smallest absolute Gasteiger partial charge is 0.238 e. The van der Waals surface area contributed by atoms with Crippen LogP contribution in [0.4, 0.5) is 0 Å². The molecular weight excluding hydrogens is 405 g/mol. The topological polar surface area (TPSA) is 47.9 Å². The molecule has 0 aliphatic carbocycles. The van der Waals surface area contributed by atoms with Crippen LogP contribution in [0.1, 0.15) is 30.3 Å². The maximum atomic E-state index is 6.34. The van der Waals surface area contributed by atoms with Gasteiger partial charge in [0.25, 0.3) is 0 Å². The first-order valence-corrected chi connectivity index (χ1v) is 9.76. The van der Waals surface area contributed by atoms with Crippen molar-refractivity contribution in [1.29, 1.82) is 0 Å². The molecule has 0 bridgehead atoms. The first-order valence-electron chi connectivity index (χ1n) is 8.63. The zero-order valence-corrected chi connectivity index (χ0v) is 17.0. The lowest BCUT2D eigenvalue weighted by Gasteiger charge is -2.08. The fraction of sp³-hybridized carbons (Fsp3) is 0.250. The minimum atomic E-state index is 0.332. The second kappa shape index (κ2) is 9.36. The van der Waals surface area contributed by atoms with Crippen molar-refractivity contribution in [3.8, 4) is 11.6 Å². The van der Waals surface area contributed by atoms with Gasteiger partial charge in [-0.1, -0.05) is 53.9 Å². The van der Waals surface area contributed by atoms with Crippen LogP contribution < -0.4 is 4.74 Å². The van der Waals surface area contributed by atoms with Crippen LogP contribution in [0.15, 0.2) is 42.9 Å². The van der Waals surface area contributed by atoms with Crippen LogP contribution in [-0.4, -0.2) is 15.0 Å². The molecule has 0 radical (unpaired) electrons. The molecule has 0 amide bonds. The third kappa shape index (κ3) is 5.32. The highest BCUT2D eigenvalue weighted by Gasteiger charge is 2.08. The SMILES string of the molecule is CCc1ncnc(CCCc2ccc(Oc3ncc(Cl)cc3Cl)cc2)c1Cl. The van der Waals surface area contributed by atoms with Gasteiger partial charge in [0.05, 0.1) is 21.4 Å². The molecule has 140 valence electrons. The standard InChI is InChI=1S/C20H18Cl3N3O/c1-2-17-19(23)18(26-12-25-17)5-3-4-13-6-8-15(9-7-13)27-20-16(22)10-14(21)11-24-20/h6-12H,2-5H2,1H3. The van der Waals surface area contributed by atoms with Gasteiger partial charge in [0, 0.05) is 6.20 Å². The fourth-order valence-electron chi connectivity index (χ4n) is 2.64. The Morgan fingerprint density at radius 1 is 0.926 bits per heavy atom. The molecule has 0 aliphatic rings. The molecule has 3 aromatic rings. The largest absolute Gasteiger partial charge is 0.438 e. The summed E-state index contributed by atoms with van der Waals surface area (Å²) in [4.78, 5) is 12.6. The number of rotatable bonds is 7. The van der Waals surface area contributed by atoms with Crippen LogP contribution in [0.25, 0.3) is 0 Å². The highest BCUT2D eigenvalue weighted by atomic mass is 35.5. The van der Waals surface area contributed by atoms with E-state index in [1.165, 1.54) is 11.8 Å². The van der Waals surface area contributed by atoms with E-state index in [2.05, 4.69) is 15.0 Å². The molecular formula is C20H18Cl3N3O. The van der Waals surface area contributed by atoms with Crippen molar-refractivity contribution < 1.29 is 4.74 Å². The zero-order chi connectivity index (χ0) is 19.2. The van der Waals surface area contributed by atoms with Crippen LogP contribution in [0.2, 0.25) is 15.1 Å². The Hall–Kier alpha value is -1.88. The summed E-state index contributed by atoms with van der Waals surface area (Å²) in [5.41, 5.74) is 3.02. The Kier molecular flexibility index (Phi) is 6.89. The predicted octanol–water partition coefficient (Wildman–Crippen LogP) is 6.36. The number of aryl methyl sites for hydroxylation is 3. The van der Waals surface area contributed by atoms with Crippen molar-refractivity contribution in [2.75, 3.05) is 0 Å². The van der Waals surface area contributed by atoms with Gasteiger partial charge in [-0.25, -0.2) is 15.0 Å². The molecule has 2 heterocycles. The highest BCUT2D eigenvalue weighted by Crippen LogP contribution is 2.29. The van der Waals surface area contributed by atoms with Gasteiger partial charge in [-0.2, -0.15) is 0 Å². The summed E-state index contributed by atoms with van der Waals surface area (Å²) in [5, 5.41) is 1.54. The van der Waals surface area contributed by atoms with E-state index in [-0.39, 0.29) is 0 Å². The van der Waals surface area contributed by atoms with E-state index >= 15 is 0 Å². The maximum absolute atomic E-state index is 6.34. The molecule has 0 aliphatic heterocycles. The van der Waals surface area contributed by atoms with Gasteiger partial charge in [0.2, 0.25) is 5.88 Å². The Bertz CT molecular complexity index is 917. The third-order valence-corrected chi connectivity index (χ3v) is 4.97. The van der Waals surface area contributed by atoms with E-state index in [4.69, 9.17) is 39.5 Å². The van der Waals surface area contributed by atoms with Gasteiger partial charge in [-0.05, 0) is 49.4 Å². The van der Waals surface area contributed by atoms with E-state index < -0.39 is 0 Å². The number of hydrogen-bond acceptors (Lipinski definition) is 4. The second-order valence-electron chi connectivity index (χ2n) is 5.97. The monoisotopic (exact) mass is 421 g/mol. The van der Waals surface area contributed by atoms with E-state index in [1.54, 1.807) is 12.4 Å². The summed E-state index contributed by atoms with van der Waals surface area (Å²) in [6.07, 6.45) is 6.58. The highest BCUT2D eigenvalue weighted by molar-refractivity contribution is 6.35. The first-order chi connectivity index (χ1) is 13.1. The number of ether oxygens (including phenoxy) is 1. The van der Waals surface area contributed by atoms with E-state index in [0.717, 1.165) is 37.1 Å². The first kappa shape index (κ1) is 19.9. The number of aromatic nitrogens is 3. The summed E-state index contributed by atoms with van der Waals surface area (Å²) in [5.74, 6) is 1.00. The van der Waals surface area contributed by atoms with Gasteiger partial charge in [-0.15, -0.1) is 0 Å². The number of halogens is 3. The van der Waals surface area contributed by atoms with Crippen LogP contribution in [0.5, 0.6) is 11.6 Å². The van der Waals surface area contributed by atoms with Gasteiger partial charge < -0.3 is 4.74 Å². The lowest BCUT2D eigenvalue weighted by Crippen LogP contribution is -1.99. The average Bonchev–Trinajstić information content (AvgIpc) is 2.67. The van der Waals surface area contributed by atoms with Gasteiger partial charge in [0.1, 0.15) is 17.1 Å². The Morgan fingerprint density at radius 3 is 2.37 bits per heavy atom. The molecule has 3 rings (SSSR count). The van der Waals surface area contributed by atoms with Crippen LogP contribution >= 0.6 is 34.8 Å². The third-order valence-electron chi connectivity index (χ3n) is 4.06. The summed E-state index contributed by atoms with van der Waals surface area (Å²) in [7, 11) is 0. The van der Waals surface area contributed by atoms with E-state index in [0.29, 0.717) is 26.7 Å². The molecule has 27 heavy (non-hydrogen) atoms. The molecule has 2 aromatic heterocycles. The van der Waals surface area contributed by atoms with Gasteiger partial charge in [-0.3, -0.25) is 0 Å². The van der Waals surface area contributed by atoms with Crippen LogP contribution in [0.3, 0.4) is 0 Å². The quantitative estimate of drug-likeness (QED) is 0.444. The predicted molar refractivity (Wildman–Crippen MR) is 109 cm³/mol. The minimum Gasteiger partial charge on any atom is -0.438 e. The van der Waals surface area contributed by atoms with Crippen molar-refractivity contribution in [1.82, 2.24) is 15.0 Å². The molecule has 0 atom stereocenters. The molecule has 0 fully saturated rings. The zero-order valence-electron chi connectivity index (χ0n) is 14.8. The Labute approximate surface area is 173 Å². The van der Waals surface area contributed by atoms with Gasteiger partial charge in [0.15, 0.2) is 0 Å². The number of pyridine rings is 1. The van der Waals surface area contributed by atoms with E-state index in [9.17, 15) is 0 Å². The molecule has 0 spiro atoms. The van der Waals surface area contributed by atoms with Gasteiger partial charge >= 0.3 is 0 Å². The molecule has 7 heteroatoms. The Morgan fingerprint density at radius 2 is 1.67 bits per heavy atom.